The predicted molar refractivity (Wildman–Crippen MR) is 84.1 cm³/mol. The third-order valence-electron chi connectivity index (χ3n) is 2.49. The molecule has 0 bridgehead atoms. The van der Waals surface area contributed by atoms with Gasteiger partial charge in [0.05, 0.1) is 0 Å². The van der Waals surface area contributed by atoms with Crippen molar-refractivity contribution in [1.82, 2.24) is 9.97 Å². The van der Waals surface area contributed by atoms with E-state index in [-0.39, 0.29) is 4.75 Å². The van der Waals surface area contributed by atoms with Gasteiger partial charge in [0.15, 0.2) is 5.16 Å². The fraction of sp³-hybridized carbons (Fsp3) is 0.667. The molecule has 0 unspecified atom stereocenters. The molecule has 0 saturated carbocycles. The van der Waals surface area contributed by atoms with Crippen LogP contribution in [0.4, 0.5) is 11.6 Å². The molecule has 0 atom stereocenters. The minimum absolute atomic E-state index is 0.197. The van der Waals surface area contributed by atoms with E-state index in [4.69, 9.17) is 0 Å². The highest BCUT2D eigenvalue weighted by Crippen LogP contribution is 2.23. The highest BCUT2D eigenvalue weighted by atomic mass is 32.2. The van der Waals surface area contributed by atoms with Gasteiger partial charge in [-0.1, -0.05) is 11.8 Å². The van der Waals surface area contributed by atoms with Crippen LogP contribution >= 0.6 is 23.5 Å². The molecule has 0 saturated heterocycles. The Morgan fingerprint density at radius 2 is 1.78 bits per heavy atom. The Bertz CT molecular complexity index is 382. The summed E-state index contributed by atoms with van der Waals surface area (Å²) in [6.07, 6.45) is 4.11. The Kier molecular flexibility index (Phi) is 6.08. The highest BCUT2D eigenvalue weighted by Gasteiger charge is 2.16. The van der Waals surface area contributed by atoms with Gasteiger partial charge in [0.2, 0.25) is 0 Å². The average molecular weight is 286 g/mol. The predicted octanol–water partition coefficient (Wildman–Crippen LogP) is 3.18. The van der Waals surface area contributed by atoms with Crippen LogP contribution in [0.3, 0.4) is 0 Å². The van der Waals surface area contributed by atoms with E-state index in [1.165, 1.54) is 0 Å². The molecule has 1 aromatic rings. The summed E-state index contributed by atoms with van der Waals surface area (Å²) in [5.41, 5.74) is 0. The second kappa shape index (κ2) is 7.09. The first-order chi connectivity index (χ1) is 8.50. The van der Waals surface area contributed by atoms with Crippen LogP contribution in [0.15, 0.2) is 11.2 Å². The molecule has 1 heterocycles. The largest absolute Gasteiger partial charge is 0.370 e. The quantitative estimate of drug-likeness (QED) is 0.593. The van der Waals surface area contributed by atoms with Crippen LogP contribution in [-0.2, 0) is 0 Å². The third-order valence-corrected chi connectivity index (χ3v) is 4.29. The van der Waals surface area contributed by atoms with Crippen molar-refractivity contribution in [1.29, 1.82) is 0 Å². The lowest BCUT2D eigenvalue weighted by atomic mass is 10.2. The smallest absolute Gasteiger partial charge is 0.191 e. The zero-order valence-corrected chi connectivity index (χ0v) is 13.3. The molecule has 0 fully saturated rings. The first-order valence-corrected chi connectivity index (χ1v) is 8.41. The van der Waals surface area contributed by atoms with E-state index in [0.717, 1.165) is 29.9 Å². The second-order valence-electron chi connectivity index (χ2n) is 4.47. The standard InChI is InChI=1S/C12H22N4S2/c1-6-13-9-7-10(16-11(15-9)17-4)14-8-12(2,3)18-5/h7H,6,8H2,1-5H3,(H2,13,14,15,16). The molecule has 0 aromatic carbocycles. The molecule has 6 heteroatoms. The molecule has 1 rings (SSSR count). The van der Waals surface area contributed by atoms with Crippen molar-refractivity contribution in [2.45, 2.75) is 30.7 Å². The Labute approximate surface area is 118 Å². The highest BCUT2D eigenvalue weighted by molar-refractivity contribution is 8.00. The number of anilines is 2. The molecule has 0 aliphatic rings. The molecule has 0 aliphatic heterocycles. The van der Waals surface area contributed by atoms with Crippen LogP contribution in [0.1, 0.15) is 20.8 Å². The number of hydrogen-bond donors (Lipinski definition) is 2. The summed E-state index contributed by atoms with van der Waals surface area (Å²) >= 11 is 3.40. The van der Waals surface area contributed by atoms with E-state index in [1.54, 1.807) is 11.8 Å². The Hall–Kier alpha value is -0.620. The Balaban J connectivity index is 2.78. The van der Waals surface area contributed by atoms with Crippen molar-refractivity contribution in [3.05, 3.63) is 6.07 Å². The van der Waals surface area contributed by atoms with Gasteiger partial charge in [-0.2, -0.15) is 11.8 Å². The number of hydrogen-bond acceptors (Lipinski definition) is 6. The molecule has 0 spiro atoms. The van der Waals surface area contributed by atoms with Gasteiger partial charge >= 0.3 is 0 Å². The monoisotopic (exact) mass is 286 g/mol. The summed E-state index contributed by atoms with van der Waals surface area (Å²) in [4.78, 5) is 8.86. The second-order valence-corrected chi connectivity index (χ2v) is 6.76. The molecule has 102 valence electrons. The van der Waals surface area contributed by atoms with E-state index < -0.39 is 0 Å². The molecule has 0 aliphatic carbocycles. The SMILES string of the molecule is CCNc1cc(NCC(C)(C)SC)nc(SC)n1. The minimum Gasteiger partial charge on any atom is -0.370 e. The lowest BCUT2D eigenvalue weighted by Gasteiger charge is -2.22. The summed E-state index contributed by atoms with van der Waals surface area (Å²) in [7, 11) is 0. The van der Waals surface area contributed by atoms with Crippen LogP contribution in [-0.4, -0.2) is 40.3 Å². The first kappa shape index (κ1) is 15.4. The number of nitrogens with zero attached hydrogens (tertiary/aromatic N) is 2. The zero-order valence-electron chi connectivity index (χ0n) is 11.7. The Morgan fingerprint density at radius 3 is 2.28 bits per heavy atom. The number of nitrogens with one attached hydrogen (secondary N) is 2. The van der Waals surface area contributed by atoms with Gasteiger partial charge in [-0.15, -0.1) is 0 Å². The van der Waals surface area contributed by atoms with Crippen LogP contribution in [0.5, 0.6) is 0 Å². The average Bonchev–Trinajstić information content (AvgIpc) is 2.37. The molecular formula is C12H22N4S2. The van der Waals surface area contributed by atoms with Crippen LogP contribution < -0.4 is 10.6 Å². The number of thioether (sulfide) groups is 2. The normalized spacial score (nSPS) is 11.4. The maximum absolute atomic E-state index is 4.46. The van der Waals surface area contributed by atoms with Gasteiger partial charge in [0, 0.05) is 23.9 Å². The van der Waals surface area contributed by atoms with Crippen LogP contribution in [0, 0.1) is 0 Å². The molecule has 18 heavy (non-hydrogen) atoms. The topological polar surface area (TPSA) is 49.8 Å². The van der Waals surface area contributed by atoms with Crippen molar-refractivity contribution in [3.63, 3.8) is 0 Å². The molecule has 4 nitrogen and oxygen atoms in total. The summed E-state index contributed by atoms with van der Waals surface area (Å²) in [5.74, 6) is 1.76. The van der Waals surface area contributed by atoms with Gasteiger partial charge in [0.25, 0.3) is 0 Å². The maximum atomic E-state index is 4.46. The van der Waals surface area contributed by atoms with Crippen molar-refractivity contribution in [2.75, 3.05) is 36.2 Å². The maximum Gasteiger partial charge on any atom is 0.191 e. The zero-order chi connectivity index (χ0) is 13.6. The first-order valence-electron chi connectivity index (χ1n) is 5.96. The van der Waals surface area contributed by atoms with Crippen LogP contribution in [0.25, 0.3) is 0 Å². The summed E-state index contributed by atoms with van der Waals surface area (Å²) in [6.45, 7) is 8.23. The summed E-state index contributed by atoms with van der Waals surface area (Å²) in [5, 5.41) is 7.40. The lowest BCUT2D eigenvalue weighted by molar-refractivity contribution is 0.747. The molecule has 0 amide bonds. The molecule has 2 N–H and O–H groups in total. The van der Waals surface area contributed by atoms with Gasteiger partial charge in [-0.25, -0.2) is 9.97 Å². The van der Waals surface area contributed by atoms with E-state index in [9.17, 15) is 0 Å². The molecular weight excluding hydrogens is 264 g/mol. The van der Waals surface area contributed by atoms with E-state index >= 15 is 0 Å². The molecule has 0 radical (unpaired) electrons. The van der Waals surface area contributed by atoms with Gasteiger partial charge in [-0.3, -0.25) is 0 Å². The summed E-state index contributed by atoms with van der Waals surface area (Å²) in [6, 6.07) is 1.96. The van der Waals surface area contributed by atoms with Gasteiger partial charge < -0.3 is 10.6 Å². The summed E-state index contributed by atoms with van der Waals surface area (Å²) < 4.78 is 0.197. The lowest BCUT2D eigenvalue weighted by Crippen LogP contribution is -2.26. The minimum atomic E-state index is 0.197. The van der Waals surface area contributed by atoms with E-state index in [2.05, 4.69) is 47.6 Å². The van der Waals surface area contributed by atoms with E-state index in [0.29, 0.717) is 0 Å². The van der Waals surface area contributed by atoms with Crippen LogP contribution in [0.2, 0.25) is 0 Å². The third kappa shape index (κ3) is 4.94. The van der Waals surface area contributed by atoms with E-state index in [1.807, 2.05) is 24.1 Å². The fourth-order valence-electron chi connectivity index (χ4n) is 1.25. The van der Waals surface area contributed by atoms with Crippen molar-refractivity contribution in [2.24, 2.45) is 0 Å². The van der Waals surface area contributed by atoms with Gasteiger partial charge in [-0.05, 0) is 33.3 Å². The van der Waals surface area contributed by atoms with Gasteiger partial charge in [0.1, 0.15) is 11.6 Å². The van der Waals surface area contributed by atoms with Crippen molar-refractivity contribution < 1.29 is 0 Å². The fourth-order valence-corrected chi connectivity index (χ4v) is 1.85. The Morgan fingerprint density at radius 1 is 1.17 bits per heavy atom. The van der Waals surface area contributed by atoms with Crippen molar-refractivity contribution in [3.8, 4) is 0 Å². The van der Waals surface area contributed by atoms with Crippen molar-refractivity contribution >= 4 is 35.2 Å². The number of aromatic nitrogens is 2. The number of rotatable bonds is 7. The molecule has 1 aromatic heterocycles.